The molecule has 0 amide bonds. The van der Waals surface area contributed by atoms with Crippen LogP contribution in [0.25, 0.3) is 22.1 Å². The lowest BCUT2D eigenvalue weighted by molar-refractivity contribution is 0.0387. The molecule has 0 saturated heterocycles. The fourth-order valence-corrected chi connectivity index (χ4v) is 2.83. The van der Waals surface area contributed by atoms with Crippen molar-refractivity contribution >= 4 is 28.0 Å². The van der Waals surface area contributed by atoms with Crippen molar-refractivity contribution in [3.05, 3.63) is 50.8 Å². The maximum Gasteiger partial charge on any atom is 0.340 e. The van der Waals surface area contributed by atoms with Crippen LogP contribution in [-0.4, -0.2) is 31.3 Å². The zero-order valence-corrected chi connectivity index (χ0v) is 14.6. The molecule has 0 saturated carbocycles. The minimum atomic E-state index is -0.538. The Balaban J connectivity index is 2.19. The van der Waals surface area contributed by atoms with Gasteiger partial charge in [-0.2, -0.15) is 0 Å². The minimum Gasteiger partial charge on any atom is -0.460 e. The lowest BCUT2D eigenvalue weighted by atomic mass is 10.1. The van der Waals surface area contributed by atoms with Crippen molar-refractivity contribution < 1.29 is 18.7 Å². The van der Waals surface area contributed by atoms with Crippen molar-refractivity contribution in [3.8, 4) is 0 Å². The van der Waals surface area contributed by atoms with Gasteiger partial charge in [-0.1, -0.05) is 6.07 Å². The van der Waals surface area contributed by atoms with Gasteiger partial charge in [-0.3, -0.25) is 4.79 Å². The van der Waals surface area contributed by atoms with Crippen LogP contribution in [0.3, 0.4) is 0 Å². The maximum atomic E-state index is 12.9. The van der Waals surface area contributed by atoms with E-state index >= 15 is 0 Å². The van der Waals surface area contributed by atoms with Crippen LogP contribution < -0.4 is 5.43 Å². The quantitative estimate of drug-likeness (QED) is 0.412. The zero-order chi connectivity index (χ0) is 18.1. The molecule has 2 heterocycles. The largest absolute Gasteiger partial charge is 0.460 e. The van der Waals surface area contributed by atoms with Crippen molar-refractivity contribution in [2.45, 2.75) is 20.8 Å². The number of fused-ring (bicyclic) bond motifs is 2. The highest BCUT2D eigenvalue weighted by molar-refractivity contribution is 5.96. The number of carbonyl (C=O) groups is 1. The van der Waals surface area contributed by atoms with Gasteiger partial charge >= 0.3 is 5.97 Å². The Kier molecular flexibility index (Phi) is 4.55. The molecule has 0 fully saturated rings. The summed E-state index contributed by atoms with van der Waals surface area (Å²) in [6.07, 6.45) is 0. The average molecular weight is 341 g/mol. The van der Waals surface area contributed by atoms with E-state index in [4.69, 9.17) is 13.9 Å². The molecule has 1 aromatic carbocycles. The Morgan fingerprint density at radius 3 is 2.60 bits per heavy atom. The standard InChI is InChI=1S/C19H19NO5/c1-10-7-11(2)17-14(8-10)16(21)15-9-13(12(3)20-18(15)25-17)19(22)24-6-5-23-4/h7-9H,5-6H2,1-4H3. The summed E-state index contributed by atoms with van der Waals surface area (Å²) in [7, 11) is 1.52. The first-order valence-corrected chi connectivity index (χ1v) is 7.94. The van der Waals surface area contributed by atoms with E-state index in [1.165, 1.54) is 13.2 Å². The number of methoxy groups -OCH3 is 1. The van der Waals surface area contributed by atoms with Crippen LogP contribution in [0.5, 0.6) is 0 Å². The number of nitrogens with zero attached hydrogens (tertiary/aromatic N) is 1. The van der Waals surface area contributed by atoms with Gasteiger partial charge in [0.1, 0.15) is 12.2 Å². The van der Waals surface area contributed by atoms with Crippen LogP contribution in [0.1, 0.15) is 27.2 Å². The van der Waals surface area contributed by atoms with E-state index in [0.717, 1.165) is 11.1 Å². The van der Waals surface area contributed by atoms with Crippen LogP contribution in [0.2, 0.25) is 0 Å². The summed E-state index contributed by atoms with van der Waals surface area (Å²) in [4.78, 5) is 29.4. The molecule has 0 radical (unpaired) electrons. The number of carbonyl (C=O) groups excluding carboxylic acids is 1. The van der Waals surface area contributed by atoms with E-state index in [9.17, 15) is 9.59 Å². The van der Waals surface area contributed by atoms with Gasteiger partial charge in [-0.05, 0) is 44.0 Å². The van der Waals surface area contributed by atoms with Gasteiger partial charge in [0.25, 0.3) is 0 Å². The third-order valence-corrected chi connectivity index (χ3v) is 4.03. The van der Waals surface area contributed by atoms with Crippen LogP contribution in [0, 0.1) is 20.8 Å². The molecule has 6 heteroatoms. The molecule has 0 aliphatic carbocycles. The number of benzene rings is 1. The van der Waals surface area contributed by atoms with Crippen LogP contribution in [-0.2, 0) is 9.47 Å². The first-order chi connectivity index (χ1) is 11.9. The number of aromatic nitrogens is 1. The van der Waals surface area contributed by atoms with Crippen molar-refractivity contribution in [1.29, 1.82) is 0 Å². The van der Waals surface area contributed by atoms with Gasteiger partial charge in [0, 0.05) is 7.11 Å². The summed E-state index contributed by atoms with van der Waals surface area (Å²) in [5.74, 6) is -0.538. The summed E-state index contributed by atoms with van der Waals surface area (Å²) in [5, 5.41) is 0.746. The number of ether oxygens (including phenoxy) is 2. The molecule has 3 aromatic rings. The fourth-order valence-electron chi connectivity index (χ4n) is 2.83. The normalized spacial score (nSPS) is 11.2. The Labute approximate surface area is 144 Å². The predicted molar refractivity (Wildman–Crippen MR) is 94.2 cm³/mol. The number of hydrogen-bond acceptors (Lipinski definition) is 6. The highest BCUT2D eigenvalue weighted by atomic mass is 16.6. The number of rotatable bonds is 4. The number of aryl methyl sites for hydroxylation is 3. The molecule has 130 valence electrons. The summed E-state index contributed by atoms with van der Waals surface area (Å²) < 4.78 is 15.8. The third-order valence-electron chi connectivity index (χ3n) is 4.03. The van der Waals surface area contributed by atoms with Crippen molar-refractivity contribution in [3.63, 3.8) is 0 Å². The van der Waals surface area contributed by atoms with Crippen molar-refractivity contribution in [1.82, 2.24) is 4.98 Å². The summed E-state index contributed by atoms with van der Waals surface area (Å²) in [6, 6.07) is 5.23. The van der Waals surface area contributed by atoms with Gasteiger partial charge < -0.3 is 13.9 Å². The van der Waals surface area contributed by atoms with E-state index in [1.54, 1.807) is 13.0 Å². The molecule has 25 heavy (non-hydrogen) atoms. The van der Waals surface area contributed by atoms with E-state index < -0.39 is 5.97 Å². The molecule has 0 aliphatic rings. The molecular formula is C19H19NO5. The van der Waals surface area contributed by atoms with E-state index in [1.807, 2.05) is 19.9 Å². The second-order valence-corrected chi connectivity index (χ2v) is 5.99. The molecule has 3 rings (SSSR count). The van der Waals surface area contributed by atoms with E-state index in [2.05, 4.69) is 4.98 Å². The predicted octanol–water partition coefficient (Wildman–Crippen LogP) is 3.07. The first kappa shape index (κ1) is 17.1. The highest BCUT2D eigenvalue weighted by Gasteiger charge is 2.18. The molecule has 0 spiro atoms. The second kappa shape index (κ2) is 6.64. The summed E-state index contributed by atoms with van der Waals surface area (Å²) in [5.41, 5.74) is 3.07. The van der Waals surface area contributed by atoms with Gasteiger partial charge in [0.15, 0.2) is 0 Å². The van der Waals surface area contributed by atoms with Crippen LogP contribution >= 0.6 is 0 Å². The lowest BCUT2D eigenvalue weighted by Crippen LogP contribution is -2.13. The molecule has 0 N–H and O–H groups in total. The summed E-state index contributed by atoms with van der Waals surface area (Å²) in [6.45, 7) is 5.92. The van der Waals surface area contributed by atoms with Gasteiger partial charge in [0.05, 0.1) is 28.6 Å². The molecule has 0 bridgehead atoms. The topological polar surface area (TPSA) is 78.6 Å². The fraction of sp³-hybridized carbons (Fsp3) is 0.316. The van der Waals surface area contributed by atoms with Crippen molar-refractivity contribution in [2.24, 2.45) is 0 Å². The minimum absolute atomic E-state index is 0.136. The van der Waals surface area contributed by atoms with Gasteiger partial charge in [-0.25, -0.2) is 9.78 Å². The number of pyridine rings is 1. The van der Waals surface area contributed by atoms with Gasteiger partial charge in [-0.15, -0.1) is 0 Å². The molecule has 6 nitrogen and oxygen atoms in total. The molecule has 0 unspecified atom stereocenters. The van der Waals surface area contributed by atoms with Crippen LogP contribution in [0.15, 0.2) is 27.4 Å². The molecule has 0 atom stereocenters. The zero-order valence-electron chi connectivity index (χ0n) is 14.6. The smallest absolute Gasteiger partial charge is 0.340 e. The Morgan fingerprint density at radius 2 is 1.88 bits per heavy atom. The number of hydrogen-bond donors (Lipinski definition) is 0. The monoisotopic (exact) mass is 341 g/mol. The Hall–Kier alpha value is -2.73. The Bertz CT molecular complexity index is 1040. The Morgan fingerprint density at radius 1 is 1.12 bits per heavy atom. The van der Waals surface area contributed by atoms with Gasteiger partial charge in [0.2, 0.25) is 11.1 Å². The SMILES string of the molecule is COCCOC(=O)c1cc2c(=O)c3cc(C)cc(C)c3oc2nc1C. The molecule has 2 aromatic heterocycles. The van der Waals surface area contributed by atoms with Crippen molar-refractivity contribution in [2.75, 3.05) is 20.3 Å². The molecular weight excluding hydrogens is 322 g/mol. The molecule has 0 aliphatic heterocycles. The summed E-state index contributed by atoms with van der Waals surface area (Å²) >= 11 is 0. The van der Waals surface area contributed by atoms with E-state index in [0.29, 0.717) is 23.3 Å². The average Bonchev–Trinajstić information content (AvgIpc) is 2.56. The highest BCUT2D eigenvalue weighted by Crippen LogP contribution is 2.23. The number of esters is 1. The third kappa shape index (κ3) is 3.13. The lowest BCUT2D eigenvalue weighted by Gasteiger charge is -2.09. The van der Waals surface area contributed by atoms with E-state index in [-0.39, 0.29) is 28.7 Å². The first-order valence-electron chi connectivity index (χ1n) is 7.94. The maximum absolute atomic E-state index is 12.9. The van der Waals surface area contributed by atoms with Crippen LogP contribution in [0.4, 0.5) is 0 Å². The second-order valence-electron chi connectivity index (χ2n) is 5.99.